The lowest BCUT2D eigenvalue weighted by atomic mass is 10.1. The van der Waals surface area contributed by atoms with Crippen LogP contribution in [0, 0.1) is 0 Å². The summed E-state index contributed by atoms with van der Waals surface area (Å²) in [5.41, 5.74) is 3.29. The highest BCUT2D eigenvalue weighted by Gasteiger charge is 2.30. The number of benzene rings is 2. The van der Waals surface area contributed by atoms with Crippen LogP contribution in [-0.4, -0.2) is 51.1 Å². The van der Waals surface area contributed by atoms with Gasteiger partial charge in [0.2, 0.25) is 15.9 Å². The van der Waals surface area contributed by atoms with Gasteiger partial charge in [0, 0.05) is 31.9 Å². The number of sulfonamides is 1. The van der Waals surface area contributed by atoms with Crippen molar-refractivity contribution < 1.29 is 13.2 Å². The van der Waals surface area contributed by atoms with E-state index in [4.69, 9.17) is 0 Å². The lowest BCUT2D eigenvalue weighted by Crippen LogP contribution is -2.42. The Hall–Kier alpha value is -2.38. The lowest BCUT2D eigenvalue weighted by Gasteiger charge is -2.27. The monoisotopic (exact) mass is 415 g/mol. The van der Waals surface area contributed by atoms with E-state index in [2.05, 4.69) is 41.4 Å². The number of nitrogens with zero attached hydrogens (tertiary/aromatic N) is 2. The fourth-order valence-corrected chi connectivity index (χ4v) is 4.48. The minimum atomic E-state index is -3.52. The molecule has 1 aliphatic heterocycles. The van der Waals surface area contributed by atoms with Crippen LogP contribution in [-0.2, 0) is 21.2 Å². The first-order valence-electron chi connectivity index (χ1n) is 9.89. The van der Waals surface area contributed by atoms with E-state index in [1.165, 1.54) is 18.3 Å². The normalized spacial score (nSPS) is 17.2. The summed E-state index contributed by atoms with van der Waals surface area (Å²) in [6.07, 6.45) is 2.94. The van der Waals surface area contributed by atoms with Gasteiger partial charge in [-0.25, -0.2) is 8.42 Å². The SMILES string of the molecule is C[C@@H]1Cc2ccccc2N1CCCNC(=O)[C@@H](c1ccccc1)N(C)S(C)(=O)=O. The van der Waals surface area contributed by atoms with Gasteiger partial charge in [0.05, 0.1) is 6.26 Å². The summed E-state index contributed by atoms with van der Waals surface area (Å²) in [5, 5.41) is 2.93. The van der Waals surface area contributed by atoms with Crippen molar-refractivity contribution in [2.75, 3.05) is 31.3 Å². The number of carbonyl (C=O) groups is 1. The molecule has 0 unspecified atom stereocenters. The van der Waals surface area contributed by atoms with Gasteiger partial charge in [-0.05, 0) is 37.0 Å². The molecule has 1 amide bonds. The van der Waals surface area contributed by atoms with Gasteiger partial charge < -0.3 is 10.2 Å². The molecule has 0 aromatic heterocycles. The maximum absolute atomic E-state index is 12.9. The predicted octanol–water partition coefficient (Wildman–Crippen LogP) is 2.58. The molecule has 0 saturated carbocycles. The zero-order chi connectivity index (χ0) is 21.0. The molecule has 0 bridgehead atoms. The third kappa shape index (κ3) is 4.97. The predicted molar refractivity (Wildman–Crippen MR) is 116 cm³/mol. The van der Waals surface area contributed by atoms with Crippen molar-refractivity contribution in [2.45, 2.75) is 31.8 Å². The van der Waals surface area contributed by atoms with Crippen LogP contribution in [0.2, 0.25) is 0 Å². The molecule has 6 nitrogen and oxygen atoms in total. The van der Waals surface area contributed by atoms with Gasteiger partial charge >= 0.3 is 0 Å². The van der Waals surface area contributed by atoms with E-state index in [1.54, 1.807) is 24.3 Å². The molecule has 2 atom stereocenters. The average molecular weight is 416 g/mol. The molecule has 1 aliphatic rings. The average Bonchev–Trinajstić information content (AvgIpc) is 3.00. The van der Waals surface area contributed by atoms with Crippen molar-refractivity contribution in [1.29, 1.82) is 0 Å². The minimum Gasteiger partial charge on any atom is -0.368 e. The Morgan fingerprint density at radius 3 is 2.52 bits per heavy atom. The van der Waals surface area contributed by atoms with Crippen LogP contribution in [0.1, 0.15) is 30.5 Å². The first-order valence-corrected chi connectivity index (χ1v) is 11.7. The number of amides is 1. The first-order chi connectivity index (χ1) is 13.8. The summed E-state index contributed by atoms with van der Waals surface area (Å²) >= 11 is 0. The van der Waals surface area contributed by atoms with Gasteiger partial charge in [0.25, 0.3) is 0 Å². The van der Waals surface area contributed by atoms with Crippen molar-refractivity contribution >= 4 is 21.6 Å². The molecule has 1 N–H and O–H groups in total. The molecule has 0 aliphatic carbocycles. The number of rotatable bonds is 8. The summed E-state index contributed by atoms with van der Waals surface area (Å²) in [5.74, 6) is -0.306. The van der Waals surface area contributed by atoms with Crippen LogP contribution in [0.5, 0.6) is 0 Å². The quantitative estimate of drug-likeness (QED) is 0.673. The second-order valence-electron chi connectivity index (χ2n) is 7.61. The third-order valence-corrected chi connectivity index (χ3v) is 6.73. The van der Waals surface area contributed by atoms with Crippen LogP contribution in [0.15, 0.2) is 54.6 Å². The summed E-state index contributed by atoms with van der Waals surface area (Å²) in [6.45, 7) is 3.55. The molecule has 1 heterocycles. The molecule has 0 saturated heterocycles. The van der Waals surface area contributed by atoms with Gasteiger partial charge in [0.1, 0.15) is 6.04 Å². The van der Waals surface area contributed by atoms with Gasteiger partial charge in [-0.1, -0.05) is 48.5 Å². The third-order valence-electron chi connectivity index (χ3n) is 5.47. The van der Waals surface area contributed by atoms with Gasteiger partial charge in [-0.2, -0.15) is 4.31 Å². The minimum absolute atomic E-state index is 0.306. The number of para-hydroxylation sites is 1. The molecular formula is C22H29N3O3S. The summed E-state index contributed by atoms with van der Waals surface area (Å²) in [7, 11) is -2.08. The molecule has 0 spiro atoms. The van der Waals surface area contributed by atoms with Gasteiger partial charge in [-0.3, -0.25) is 4.79 Å². The van der Waals surface area contributed by atoms with E-state index in [9.17, 15) is 13.2 Å². The van der Waals surface area contributed by atoms with E-state index in [0.29, 0.717) is 18.2 Å². The zero-order valence-corrected chi connectivity index (χ0v) is 18.0. The topological polar surface area (TPSA) is 69.7 Å². The van der Waals surface area contributed by atoms with Crippen LogP contribution in [0.25, 0.3) is 0 Å². The standard InChI is InChI=1S/C22H29N3O3S/c1-17-16-19-12-7-8-13-20(19)25(17)15-9-14-23-22(26)21(24(2)29(3,27)28)18-10-5-4-6-11-18/h4-8,10-13,17,21H,9,14-16H2,1-3H3,(H,23,26)/t17-,21-/m1/s1. The summed E-state index contributed by atoms with van der Waals surface area (Å²) in [6, 6.07) is 17.0. The Kier molecular flexibility index (Phi) is 6.59. The van der Waals surface area contributed by atoms with Crippen molar-refractivity contribution in [3.63, 3.8) is 0 Å². The maximum Gasteiger partial charge on any atom is 0.242 e. The van der Waals surface area contributed by atoms with E-state index in [-0.39, 0.29) is 5.91 Å². The Bertz CT molecular complexity index is 947. The molecule has 0 radical (unpaired) electrons. The van der Waals surface area contributed by atoms with E-state index >= 15 is 0 Å². The molecule has 7 heteroatoms. The smallest absolute Gasteiger partial charge is 0.242 e. The second-order valence-corrected chi connectivity index (χ2v) is 9.65. The van der Waals surface area contributed by atoms with Gasteiger partial charge in [0.15, 0.2) is 0 Å². The van der Waals surface area contributed by atoms with Gasteiger partial charge in [-0.15, -0.1) is 0 Å². The van der Waals surface area contributed by atoms with Crippen LogP contribution in [0.3, 0.4) is 0 Å². The highest BCUT2D eigenvalue weighted by molar-refractivity contribution is 7.88. The molecule has 3 rings (SSSR count). The largest absolute Gasteiger partial charge is 0.368 e. The van der Waals surface area contributed by atoms with Crippen molar-refractivity contribution in [3.05, 3.63) is 65.7 Å². The second kappa shape index (κ2) is 8.97. The Labute approximate surface area is 173 Å². The van der Waals surface area contributed by atoms with E-state index in [1.807, 2.05) is 6.07 Å². The highest BCUT2D eigenvalue weighted by atomic mass is 32.2. The number of likely N-dealkylation sites (N-methyl/N-ethyl adjacent to an activating group) is 1. The molecule has 2 aromatic rings. The first kappa shape index (κ1) is 21.3. The fraction of sp³-hybridized carbons (Fsp3) is 0.409. The van der Waals surface area contributed by atoms with Crippen LogP contribution >= 0.6 is 0 Å². The summed E-state index contributed by atoms with van der Waals surface area (Å²) < 4.78 is 25.2. The Morgan fingerprint density at radius 2 is 1.83 bits per heavy atom. The lowest BCUT2D eigenvalue weighted by molar-refractivity contribution is -0.124. The number of anilines is 1. The van der Waals surface area contributed by atoms with Crippen molar-refractivity contribution in [2.24, 2.45) is 0 Å². The molecule has 29 heavy (non-hydrogen) atoms. The van der Waals surface area contributed by atoms with Crippen LogP contribution in [0.4, 0.5) is 5.69 Å². The number of carbonyl (C=O) groups excluding carboxylic acids is 1. The summed E-state index contributed by atoms with van der Waals surface area (Å²) in [4.78, 5) is 15.2. The molecular weight excluding hydrogens is 386 g/mol. The Morgan fingerprint density at radius 1 is 1.17 bits per heavy atom. The molecule has 0 fully saturated rings. The number of fused-ring (bicyclic) bond motifs is 1. The number of nitrogens with one attached hydrogen (secondary N) is 1. The fourth-order valence-electron chi connectivity index (χ4n) is 3.88. The Balaban J connectivity index is 1.61. The van der Waals surface area contributed by atoms with Crippen molar-refractivity contribution in [1.82, 2.24) is 9.62 Å². The number of hydrogen-bond acceptors (Lipinski definition) is 4. The highest BCUT2D eigenvalue weighted by Crippen LogP contribution is 2.31. The zero-order valence-electron chi connectivity index (χ0n) is 17.2. The maximum atomic E-state index is 12.9. The van der Waals surface area contributed by atoms with E-state index in [0.717, 1.165) is 29.9 Å². The van der Waals surface area contributed by atoms with Crippen molar-refractivity contribution in [3.8, 4) is 0 Å². The van der Waals surface area contributed by atoms with Crippen LogP contribution < -0.4 is 10.2 Å². The van der Waals surface area contributed by atoms with E-state index < -0.39 is 16.1 Å². The number of hydrogen-bond donors (Lipinski definition) is 1. The molecule has 156 valence electrons. The molecule has 2 aromatic carbocycles.